The summed E-state index contributed by atoms with van der Waals surface area (Å²) in [6, 6.07) is 2.03. The number of esters is 1. The fourth-order valence-corrected chi connectivity index (χ4v) is 10.5. The van der Waals surface area contributed by atoms with E-state index in [9.17, 15) is 38.2 Å². The van der Waals surface area contributed by atoms with Gasteiger partial charge in [-0.05, 0) is 112 Å². The van der Waals surface area contributed by atoms with Crippen LogP contribution in [-0.4, -0.2) is 134 Å². The predicted octanol–water partition coefficient (Wildman–Crippen LogP) is 7.44. The van der Waals surface area contributed by atoms with Crippen molar-refractivity contribution in [3.05, 3.63) is 64.8 Å². The van der Waals surface area contributed by atoms with Gasteiger partial charge in [0.05, 0.1) is 37.1 Å². The molecule has 2 N–H and O–H groups in total. The molecule has 1 aliphatic carbocycles. The number of aliphatic hydroxyl groups excluding tert-OH is 1. The molecule has 0 spiro atoms. The summed E-state index contributed by atoms with van der Waals surface area (Å²) in [5.41, 5.74) is 1.27. The number of ketones is 2. The monoisotopic (exact) mass is 962 g/mol. The van der Waals surface area contributed by atoms with E-state index in [0.717, 1.165) is 11.0 Å². The van der Waals surface area contributed by atoms with Gasteiger partial charge in [0.1, 0.15) is 41.8 Å². The number of hydrogen-bond acceptors (Lipinski definition) is 12. The van der Waals surface area contributed by atoms with Crippen LogP contribution in [0.5, 0.6) is 0 Å². The molecule has 1 amide bonds. The molecule has 15 unspecified atom stereocenters. The van der Waals surface area contributed by atoms with Crippen LogP contribution in [0, 0.1) is 41.2 Å². The molecule has 4 aliphatic rings. The van der Waals surface area contributed by atoms with Gasteiger partial charge in [0, 0.05) is 58.1 Å². The zero-order valence-corrected chi connectivity index (χ0v) is 41.2. The van der Waals surface area contributed by atoms with Gasteiger partial charge in [0.25, 0.3) is 11.7 Å². The number of carbonyl (C=O) groups excluding carboxylic acids is 4. The number of ether oxygens (including phenoxy) is 6. The second-order valence-corrected chi connectivity index (χ2v) is 19.5. The number of alkyl halides is 1. The first-order chi connectivity index (χ1) is 32.3. The van der Waals surface area contributed by atoms with Crippen molar-refractivity contribution in [1.29, 1.82) is 0 Å². The number of amides is 1. The largest absolute Gasteiger partial charge is 0.456 e. The number of benzene rings is 1. The topological polar surface area (TPSA) is 167 Å². The van der Waals surface area contributed by atoms with Crippen molar-refractivity contribution in [1.82, 2.24) is 4.90 Å². The number of carbonyl (C=O) groups is 4. The van der Waals surface area contributed by atoms with Crippen molar-refractivity contribution >= 4 is 29.5 Å². The lowest BCUT2D eigenvalue weighted by molar-refractivity contribution is -0.302. The molecule has 5 rings (SSSR count). The van der Waals surface area contributed by atoms with Crippen molar-refractivity contribution in [3.8, 4) is 0 Å². The van der Waals surface area contributed by atoms with Gasteiger partial charge in [0.15, 0.2) is 0 Å². The first-order valence-corrected chi connectivity index (χ1v) is 24.3. The van der Waals surface area contributed by atoms with Gasteiger partial charge in [-0.15, -0.1) is 0 Å². The highest BCUT2D eigenvalue weighted by Gasteiger charge is 2.57. The maximum atomic E-state index is 16.3. The first kappa shape index (κ1) is 55.2. The SMILES string of the molecule is CCC1C=C(C)C(F)C(C)CC(OC)C2OC(O)(C(=O)C(=O)N3CCCCC3C(=O)OC(C(C)=CC3CCC(OCC=Cc4cc(F)cc(F)c4)C(OC)C3)C(C)C(O)CC1=O)C(C)CC2OC. The number of aliphatic hydroxyl groups is 2. The second kappa shape index (κ2) is 24.9. The van der Waals surface area contributed by atoms with Crippen LogP contribution in [0.4, 0.5) is 13.2 Å². The molecule has 0 aromatic heterocycles. The lowest BCUT2D eigenvalue weighted by atomic mass is 9.81. The lowest BCUT2D eigenvalue weighted by Gasteiger charge is -2.47. The molecule has 16 heteroatoms. The summed E-state index contributed by atoms with van der Waals surface area (Å²) in [5.74, 6) is -10.8. The Morgan fingerprint density at radius 2 is 1.57 bits per heavy atom. The summed E-state index contributed by atoms with van der Waals surface area (Å²) in [6.45, 7) is 10.3. The van der Waals surface area contributed by atoms with E-state index >= 15 is 4.39 Å². The summed E-state index contributed by atoms with van der Waals surface area (Å²) in [5, 5.41) is 23.9. The molecular weight excluding hydrogens is 888 g/mol. The van der Waals surface area contributed by atoms with E-state index in [1.807, 2.05) is 13.0 Å². The van der Waals surface area contributed by atoms with Gasteiger partial charge >= 0.3 is 5.97 Å². The van der Waals surface area contributed by atoms with Crippen molar-refractivity contribution in [3.63, 3.8) is 0 Å². The molecule has 1 saturated carbocycles. The van der Waals surface area contributed by atoms with E-state index < -0.39 is 101 Å². The summed E-state index contributed by atoms with van der Waals surface area (Å²) in [4.78, 5) is 58.2. The Kier molecular flexibility index (Phi) is 20.2. The Labute approximate surface area is 399 Å². The molecule has 3 aliphatic heterocycles. The third-order valence-electron chi connectivity index (χ3n) is 14.7. The fraction of sp³-hybridized carbons (Fsp3) is 0.692. The van der Waals surface area contributed by atoms with Crippen LogP contribution in [-0.2, 0) is 47.6 Å². The van der Waals surface area contributed by atoms with Crippen molar-refractivity contribution in [2.45, 2.75) is 166 Å². The van der Waals surface area contributed by atoms with Gasteiger partial charge in [-0.3, -0.25) is 14.4 Å². The number of methoxy groups -OCH3 is 3. The average molecular weight is 962 g/mol. The Hall–Kier alpha value is -3.77. The Bertz CT molecular complexity index is 1970. The van der Waals surface area contributed by atoms with Gasteiger partial charge in [0.2, 0.25) is 5.79 Å². The molecule has 1 aromatic carbocycles. The third-order valence-corrected chi connectivity index (χ3v) is 14.7. The van der Waals surface area contributed by atoms with Crippen LogP contribution in [0.25, 0.3) is 6.08 Å². The summed E-state index contributed by atoms with van der Waals surface area (Å²) in [6.07, 6.45) is 2.77. The van der Waals surface area contributed by atoms with Crippen LogP contribution >= 0.6 is 0 Å². The number of rotatable bonds is 10. The highest BCUT2D eigenvalue weighted by atomic mass is 19.1. The quantitative estimate of drug-likeness (QED) is 0.135. The standard InChI is InChI=1S/C52H74F3NO12/c1-10-36-21-29(2)46(55)30(3)22-44(64-8)48-45(65-9)23-32(5)52(62,68-48)49(59)50(60)56-18-12-11-15-39(56)51(61)67-47(33(6)40(57)28-41(36)58)31(4)20-35-16-17-42(43(26-35)63-7)66-19-13-14-34-24-37(53)27-38(54)25-34/h13-14,20-21,24-25,27,30,32-33,35-36,39-40,42-48,57,62H,10-12,15-19,22-23,26,28H2,1-9H3. The fourth-order valence-electron chi connectivity index (χ4n) is 10.5. The van der Waals surface area contributed by atoms with Gasteiger partial charge in [-0.25, -0.2) is 18.0 Å². The highest BCUT2D eigenvalue weighted by molar-refractivity contribution is 6.39. The van der Waals surface area contributed by atoms with Gasteiger partial charge in [-0.1, -0.05) is 52.0 Å². The minimum Gasteiger partial charge on any atom is -0.456 e. The van der Waals surface area contributed by atoms with Crippen LogP contribution in [0.15, 0.2) is 47.6 Å². The van der Waals surface area contributed by atoms with E-state index in [1.165, 1.54) is 26.4 Å². The van der Waals surface area contributed by atoms with Crippen LogP contribution in [0.1, 0.15) is 111 Å². The smallest absolute Gasteiger partial charge is 0.329 e. The average Bonchev–Trinajstić information content (AvgIpc) is 3.32. The van der Waals surface area contributed by atoms with Crippen LogP contribution in [0.3, 0.4) is 0 Å². The minimum absolute atomic E-state index is 0.0226. The number of Topliss-reactive ketones (excluding diaryl/α,β-unsaturated/α-hetero) is 2. The van der Waals surface area contributed by atoms with Crippen LogP contribution < -0.4 is 0 Å². The number of halogens is 3. The number of allylic oxidation sites excluding steroid dienone is 3. The molecule has 1 aromatic rings. The number of nitrogens with zero attached hydrogens (tertiary/aromatic N) is 1. The van der Waals surface area contributed by atoms with Crippen molar-refractivity contribution in [2.24, 2.45) is 29.6 Å². The van der Waals surface area contributed by atoms with Gasteiger partial charge < -0.3 is 43.5 Å². The summed E-state index contributed by atoms with van der Waals surface area (Å²) in [7, 11) is 4.44. The molecule has 68 heavy (non-hydrogen) atoms. The zero-order valence-electron chi connectivity index (χ0n) is 41.2. The second-order valence-electron chi connectivity index (χ2n) is 19.5. The van der Waals surface area contributed by atoms with E-state index in [1.54, 1.807) is 60.0 Å². The maximum absolute atomic E-state index is 16.3. The molecule has 3 heterocycles. The molecule has 2 saturated heterocycles. The number of piperidine rings is 1. The lowest BCUT2D eigenvalue weighted by Crippen LogP contribution is -2.64. The third kappa shape index (κ3) is 13.3. The van der Waals surface area contributed by atoms with Crippen molar-refractivity contribution in [2.75, 3.05) is 34.5 Å². The molecule has 15 atom stereocenters. The Morgan fingerprint density at radius 1 is 0.912 bits per heavy atom. The van der Waals surface area contributed by atoms with Crippen LogP contribution in [0.2, 0.25) is 0 Å². The molecule has 0 radical (unpaired) electrons. The van der Waals surface area contributed by atoms with E-state index in [-0.39, 0.29) is 62.7 Å². The molecule has 2 bridgehead atoms. The Morgan fingerprint density at radius 3 is 2.22 bits per heavy atom. The van der Waals surface area contributed by atoms with E-state index in [4.69, 9.17) is 28.4 Å². The molecule has 13 nitrogen and oxygen atoms in total. The summed E-state index contributed by atoms with van der Waals surface area (Å²) >= 11 is 0. The molecule has 380 valence electrons. The zero-order chi connectivity index (χ0) is 50.0. The van der Waals surface area contributed by atoms with E-state index in [0.29, 0.717) is 55.2 Å². The normalized spacial score (nSPS) is 36.8. The Balaban J connectivity index is 1.45. The molecule has 3 fully saturated rings. The number of fused-ring (bicyclic) bond motifs is 3. The van der Waals surface area contributed by atoms with E-state index in [2.05, 4.69) is 0 Å². The summed E-state index contributed by atoms with van der Waals surface area (Å²) < 4.78 is 79.7. The predicted molar refractivity (Wildman–Crippen MR) is 247 cm³/mol. The van der Waals surface area contributed by atoms with Crippen molar-refractivity contribution < 1.29 is 71.0 Å². The number of cyclic esters (lactones) is 1. The van der Waals surface area contributed by atoms with Gasteiger partial charge in [-0.2, -0.15) is 0 Å². The first-order valence-electron chi connectivity index (χ1n) is 24.3. The molecular formula is C52H74F3NO12. The highest BCUT2D eigenvalue weighted by Crippen LogP contribution is 2.40. The number of hydrogen-bond donors (Lipinski definition) is 2. The maximum Gasteiger partial charge on any atom is 0.329 e. The minimum atomic E-state index is -2.63.